The maximum absolute atomic E-state index is 14.1. The largest absolute Gasteiger partial charge is 0.339 e. The Hall–Kier alpha value is -2.44. The van der Waals surface area contributed by atoms with Gasteiger partial charge in [0.2, 0.25) is 5.43 Å². The lowest BCUT2D eigenvalue weighted by Gasteiger charge is -2.14. The zero-order valence-corrected chi connectivity index (χ0v) is 15.2. The number of ketones is 1. The average Bonchev–Trinajstić information content (AvgIpc) is 3.45. The van der Waals surface area contributed by atoms with Crippen molar-refractivity contribution in [1.29, 1.82) is 0 Å². The Morgan fingerprint density at radius 1 is 1.11 bits per heavy atom. The third-order valence-electron chi connectivity index (χ3n) is 4.44. The predicted octanol–water partition coefficient (Wildman–Crippen LogP) is 5.45. The molecular formula is C19H12Cl2F2N2O2. The predicted molar refractivity (Wildman–Crippen MR) is 101 cm³/mol. The van der Waals surface area contributed by atoms with E-state index in [4.69, 9.17) is 23.2 Å². The Labute approximate surface area is 162 Å². The monoisotopic (exact) mass is 408 g/mol. The van der Waals surface area contributed by atoms with Crippen LogP contribution in [0, 0.1) is 17.6 Å². The van der Waals surface area contributed by atoms with Gasteiger partial charge in [-0.05, 0) is 37.1 Å². The van der Waals surface area contributed by atoms with Crippen molar-refractivity contribution in [3.05, 3.63) is 67.8 Å². The number of pyridine rings is 1. The lowest BCUT2D eigenvalue weighted by molar-refractivity contribution is 0.0967. The van der Waals surface area contributed by atoms with Crippen LogP contribution in [-0.2, 0) is 0 Å². The van der Waals surface area contributed by atoms with Gasteiger partial charge in [0, 0.05) is 12.0 Å². The maximum atomic E-state index is 14.1. The lowest BCUT2D eigenvalue weighted by Crippen LogP contribution is -2.21. The van der Waals surface area contributed by atoms with E-state index in [9.17, 15) is 18.4 Å². The first-order valence-electron chi connectivity index (χ1n) is 8.17. The Bertz CT molecular complexity index is 1160. The minimum absolute atomic E-state index is 0.000857. The molecule has 2 N–H and O–H groups in total. The fourth-order valence-corrected chi connectivity index (χ4v) is 3.37. The number of carbonyl (C=O) groups excluding carboxylic acids is 1. The van der Waals surface area contributed by atoms with Crippen LogP contribution in [0.15, 0.2) is 35.1 Å². The second-order valence-corrected chi connectivity index (χ2v) is 7.19. The smallest absolute Gasteiger partial charge is 0.203 e. The molecule has 1 aliphatic carbocycles. The summed E-state index contributed by atoms with van der Waals surface area (Å²) in [5.41, 5.74) is -0.586. The molecule has 1 saturated carbocycles. The average molecular weight is 409 g/mol. The SMILES string of the molecule is O=C(c1c(Nc2ccc(F)cc2F)[nH]c2c(Cl)ccc(Cl)c2c1=O)C1CC1. The number of Topliss-reactive ketones (excluding diaryl/α,β-unsaturated/α-hetero) is 1. The van der Waals surface area contributed by atoms with E-state index in [0.29, 0.717) is 18.9 Å². The number of aromatic amines is 1. The summed E-state index contributed by atoms with van der Waals surface area (Å²) in [5, 5.41) is 3.16. The fraction of sp³-hybridized carbons (Fsp3) is 0.158. The number of anilines is 2. The summed E-state index contributed by atoms with van der Waals surface area (Å²) in [7, 11) is 0. The van der Waals surface area contributed by atoms with Crippen molar-refractivity contribution in [3.63, 3.8) is 0 Å². The minimum atomic E-state index is -0.863. The number of nitrogens with one attached hydrogen (secondary N) is 2. The standard InChI is InChI=1S/C19H12Cl2F2N2O2/c20-10-4-5-11(21)16-14(10)18(27)15(17(26)8-1-2-8)19(25-16)24-13-6-3-9(22)7-12(13)23/h3-8H,1-2H2,(H2,24,25,27). The fourth-order valence-electron chi connectivity index (χ4n) is 2.93. The molecule has 1 aliphatic rings. The minimum Gasteiger partial charge on any atom is -0.339 e. The van der Waals surface area contributed by atoms with Crippen molar-refractivity contribution < 1.29 is 13.6 Å². The zero-order chi connectivity index (χ0) is 19.3. The maximum Gasteiger partial charge on any atom is 0.203 e. The summed E-state index contributed by atoms with van der Waals surface area (Å²) in [6.45, 7) is 0. The van der Waals surface area contributed by atoms with Gasteiger partial charge in [-0.2, -0.15) is 0 Å². The Kier molecular flexibility index (Phi) is 4.40. The number of aromatic nitrogens is 1. The molecule has 0 saturated heterocycles. The first kappa shape index (κ1) is 17.9. The molecule has 8 heteroatoms. The van der Waals surface area contributed by atoms with Gasteiger partial charge >= 0.3 is 0 Å². The van der Waals surface area contributed by atoms with E-state index < -0.39 is 17.1 Å². The zero-order valence-electron chi connectivity index (χ0n) is 13.7. The van der Waals surface area contributed by atoms with Gasteiger partial charge in [0.05, 0.1) is 26.6 Å². The van der Waals surface area contributed by atoms with E-state index in [-0.39, 0.29) is 49.7 Å². The molecule has 0 radical (unpaired) electrons. The molecule has 3 aromatic rings. The van der Waals surface area contributed by atoms with Crippen molar-refractivity contribution in [2.24, 2.45) is 5.92 Å². The summed E-state index contributed by atoms with van der Waals surface area (Å²) < 4.78 is 27.2. The highest BCUT2D eigenvalue weighted by Gasteiger charge is 2.34. The molecule has 0 atom stereocenters. The summed E-state index contributed by atoms with van der Waals surface area (Å²) in [6.07, 6.45) is 1.37. The van der Waals surface area contributed by atoms with Crippen LogP contribution in [0.25, 0.3) is 10.9 Å². The number of halogens is 4. The number of H-pyrrole nitrogens is 1. The number of carbonyl (C=O) groups is 1. The van der Waals surface area contributed by atoms with Gasteiger partial charge in [-0.15, -0.1) is 0 Å². The van der Waals surface area contributed by atoms with Crippen LogP contribution >= 0.6 is 23.2 Å². The molecule has 138 valence electrons. The van der Waals surface area contributed by atoms with Crippen LogP contribution in [-0.4, -0.2) is 10.8 Å². The first-order valence-corrected chi connectivity index (χ1v) is 8.92. The molecule has 0 bridgehead atoms. The second kappa shape index (κ2) is 6.62. The van der Waals surface area contributed by atoms with Crippen molar-refractivity contribution in [3.8, 4) is 0 Å². The number of rotatable bonds is 4. The first-order chi connectivity index (χ1) is 12.9. The van der Waals surface area contributed by atoms with Crippen molar-refractivity contribution in [2.75, 3.05) is 5.32 Å². The van der Waals surface area contributed by atoms with E-state index >= 15 is 0 Å². The van der Waals surface area contributed by atoms with Gasteiger partial charge in [0.25, 0.3) is 0 Å². The van der Waals surface area contributed by atoms with Crippen LogP contribution in [0.3, 0.4) is 0 Å². The van der Waals surface area contributed by atoms with Gasteiger partial charge in [0.15, 0.2) is 5.78 Å². The molecule has 2 aromatic carbocycles. The van der Waals surface area contributed by atoms with Gasteiger partial charge in [-0.3, -0.25) is 9.59 Å². The number of hydrogen-bond acceptors (Lipinski definition) is 3. The third-order valence-corrected chi connectivity index (χ3v) is 5.07. The number of hydrogen-bond donors (Lipinski definition) is 2. The Morgan fingerprint density at radius 2 is 1.81 bits per heavy atom. The molecule has 1 aromatic heterocycles. The molecule has 1 fully saturated rings. The van der Waals surface area contributed by atoms with E-state index in [2.05, 4.69) is 10.3 Å². The van der Waals surface area contributed by atoms with Crippen molar-refractivity contribution in [2.45, 2.75) is 12.8 Å². The molecule has 0 unspecified atom stereocenters. The number of benzene rings is 2. The molecule has 4 rings (SSSR count). The topological polar surface area (TPSA) is 62.0 Å². The normalized spacial score (nSPS) is 13.8. The molecule has 4 nitrogen and oxygen atoms in total. The summed E-state index contributed by atoms with van der Waals surface area (Å²) in [4.78, 5) is 28.7. The van der Waals surface area contributed by atoms with Gasteiger partial charge < -0.3 is 10.3 Å². The van der Waals surface area contributed by atoms with Crippen molar-refractivity contribution in [1.82, 2.24) is 4.98 Å². The highest BCUT2D eigenvalue weighted by molar-refractivity contribution is 6.40. The van der Waals surface area contributed by atoms with Crippen LogP contribution in [0.1, 0.15) is 23.2 Å². The summed E-state index contributed by atoms with van der Waals surface area (Å²) in [5.74, 6) is -2.20. The van der Waals surface area contributed by atoms with Crippen LogP contribution in [0.5, 0.6) is 0 Å². The van der Waals surface area contributed by atoms with E-state index in [1.807, 2.05) is 0 Å². The third kappa shape index (κ3) is 3.19. The van der Waals surface area contributed by atoms with Gasteiger partial charge in [-0.1, -0.05) is 23.2 Å². The Balaban J connectivity index is 1.97. The molecular weight excluding hydrogens is 397 g/mol. The van der Waals surface area contributed by atoms with E-state index in [1.165, 1.54) is 18.2 Å². The molecule has 1 heterocycles. The second-order valence-electron chi connectivity index (χ2n) is 6.37. The lowest BCUT2D eigenvalue weighted by atomic mass is 10.0. The van der Waals surface area contributed by atoms with Gasteiger partial charge in [-0.25, -0.2) is 8.78 Å². The van der Waals surface area contributed by atoms with E-state index in [1.54, 1.807) is 0 Å². The molecule has 0 aliphatic heterocycles. The van der Waals surface area contributed by atoms with Gasteiger partial charge in [0.1, 0.15) is 23.0 Å². The quantitative estimate of drug-likeness (QED) is 0.564. The molecule has 0 amide bonds. The number of fused-ring (bicyclic) bond motifs is 1. The van der Waals surface area contributed by atoms with Crippen LogP contribution < -0.4 is 10.7 Å². The van der Waals surface area contributed by atoms with E-state index in [0.717, 1.165) is 6.07 Å². The van der Waals surface area contributed by atoms with Crippen LogP contribution in [0.4, 0.5) is 20.3 Å². The molecule has 27 heavy (non-hydrogen) atoms. The summed E-state index contributed by atoms with van der Waals surface area (Å²) in [6, 6.07) is 5.93. The summed E-state index contributed by atoms with van der Waals surface area (Å²) >= 11 is 12.3. The van der Waals surface area contributed by atoms with Crippen molar-refractivity contribution >= 4 is 51.4 Å². The van der Waals surface area contributed by atoms with Crippen LogP contribution in [0.2, 0.25) is 10.0 Å². The molecule has 0 spiro atoms. The highest BCUT2D eigenvalue weighted by atomic mass is 35.5. The Morgan fingerprint density at radius 3 is 2.48 bits per heavy atom. The highest BCUT2D eigenvalue weighted by Crippen LogP contribution is 2.36.